The molecule has 1 N–H and O–H groups in total. The first-order valence-corrected chi connectivity index (χ1v) is 9.80. The van der Waals surface area contributed by atoms with Gasteiger partial charge in [0.25, 0.3) is 5.56 Å². The molecule has 0 bridgehead atoms. The quantitative estimate of drug-likeness (QED) is 0.471. The van der Waals surface area contributed by atoms with Gasteiger partial charge in [0.1, 0.15) is 23.1 Å². The third-order valence-corrected chi connectivity index (χ3v) is 5.23. The number of aromatic hydroxyl groups is 1. The van der Waals surface area contributed by atoms with E-state index in [1.54, 1.807) is 67.8 Å². The van der Waals surface area contributed by atoms with E-state index in [1.165, 1.54) is 4.57 Å². The molecule has 0 spiro atoms. The zero-order chi connectivity index (χ0) is 22.0. The molecule has 0 fully saturated rings. The van der Waals surface area contributed by atoms with Crippen LogP contribution in [0, 0.1) is 11.3 Å². The largest absolute Gasteiger partial charge is 0.506 e. The van der Waals surface area contributed by atoms with Crippen molar-refractivity contribution in [3.63, 3.8) is 0 Å². The number of methoxy groups -OCH3 is 1. The van der Waals surface area contributed by atoms with Gasteiger partial charge in [-0.25, -0.2) is 0 Å². The Labute approximate surface area is 184 Å². The van der Waals surface area contributed by atoms with Gasteiger partial charge in [-0.2, -0.15) is 5.26 Å². The second-order valence-corrected chi connectivity index (χ2v) is 7.21. The molecule has 4 rings (SSSR count). The number of rotatable bonds is 4. The van der Waals surface area contributed by atoms with Gasteiger partial charge in [-0.1, -0.05) is 54.1 Å². The summed E-state index contributed by atoms with van der Waals surface area (Å²) in [5.74, 6) is 0.254. The van der Waals surface area contributed by atoms with Crippen LogP contribution in [0.4, 0.5) is 0 Å². The summed E-state index contributed by atoms with van der Waals surface area (Å²) >= 11 is 6.04. The molecule has 0 amide bonds. The van der Waals surface area contributed by atoms with Gasteiger partial charge in [0, 0.05) is 16.3 Å². The van der Waals surface area contributed by atoms with Crippen LogP contribution in [0.1, 0.15) is 5.56 Å². The van der Waals surface area contributed by atoms with Crippen LogP contribution in [0.5, 0.6) is 11.5 Å². The molecule has 1 heterocycles. The standard InChI is InChI=1S/C25H17ClN2O3/c1-31-20-13-7-16(8-14-20)22-24(29)21(15-27)23(17-5-3-2-4-6-17)28(25(22)30)19-11-9-18(26)10-12-19/h2-14,29H,1H3. The number of nitrogens with zero attached hydrogens (tertiary/aromatic N) is 2. The average molecular weight is 429 g/mol. The number of halogens is 1. The first kappa shape index (κ1) is 20.3. The highest BCUT2D eigenvalue weighted by Crippen LogP contribution is 2.37. The summed E-state index contributed by atoms with van der Waals surface area (Å²) in [6.45, 7) is 0. The lowest BCUT2D eigenvalue weighted by Gasteiger charge is -2.19. The number of benzene rings is 3. The average Bonchev–Trinajstić information content (AvgIpc) is 2.80. The van der Waals surface area contributed by atoms with Crippen LogP contribution < -0.4 is 10.3 Å². The van der Waals surface area contributed by atoms with Crippen molar-refractivity contribution in [1.82, 2.24) is 4.57 Å². The summed E-state index contributed by atoms with van der Waals surface area (Å²) in [5.41, 5.74) is 1.53. The third-order valence-electron chi connectivity index (χ3n) is 4.97. The Hall–Kier alpha value is -4.01. The van der Waals surface area contributed by atoms with Gasteiger partial charge in [-0.3, -0.25) is 9.36 Å². The van der Waals surface area contributed by atoms with Crippen LogP contribution in [0.15, 0.2) is 83.7 Å². The Balaban J connectivity index is 2.12. The number of hydrogen-bond donors (Lipinski definition) is 1. The van der Waals surface area contributed by atoms with E-state index in [2.05, 4.69) is 6.07 Å². The van der Waals surface area contributed by atoms with Gasteiger partial charge < -0.3 is 9.84 Å². The molecule has 6 heteroatoms. The van der Waals surface area contributed by atoms with Gasteiger partial charge in [0.15, 0.2) is 0 Å². The summed E-state index contributed by atoms with van der Waals surface area (Å²) in [7, 11) is 1.54. The van der Waals surface area contributed by atoms with Crippen LogP contribution in [0.3, 0.4) is 0 Å². The SMILES string of the molecule is COc1ccc(-c2c(O)c(C#N)c(-c3ccccc3)n(-c3ccc(Cl)cc3)c2=O)cc1. The van der Waals surface area contributed by atoms with Crippen molar-refractivity contribution in [2.45, 2.75) is 0 Å². The van der Waals surface area contributed by atoms with E-state index in [1.807, 2.05) is 18.2 Å². The maximum absolute atomic E-state index is 13.7. The van der Waals surface area contributed by atoms with Crippen LogP contribution in [0.2, 0.25) is 5.02 Å². The molecule has 1 aromatic heterocycles. The Morgan fingerprint density at radius 1 is 0.935 bits per heavy atom. The van der Waals surface area contributed by atoms with Crippen molar-refractivity contribution in [2.24, 2.45) is 0 Å². The first-order chi connectivity index (χ1) is 15.0. The summed E-state index contributed by atoms with van der Waals surface area (Å²) in [6.07, 6.45) is 0. The van der Waals surface area contributed by atoms with Gasteiger partial charge in [0.2, 0.25) is 0 Å². The second kappa shape index (κ2) is 8.39. The zero-order valence-corrected chi connectivity index (χ0v) is 17.3. The Bertz CT molecular complexity index is 1340. The van der Waals surface area contributed by atoms with Gasteiger partial charge in [-0.05, 0) is 42.0 Å². The highest BCUT2D eigenvalue weighted by molar-refractivity contribution is 6.30. The first-order valence-electron chi connectivity index (χ1n) is 9.43. The maximum atomic E-state index is 13.7. The predicted molar refractivity (Wildman–Crippen MR) is 121 cm³/mol. The van der Waals surface area contributed by atoms with E-state index in [4.69, 9.17) is 16.3 Å². The molecule has 0 unspecified atom stereocenters. The molecule has 0 atom stereocenters. The van der Waals surface area contributed by atoms with Gasteiger partial charge in [-0.15, -0.1) is 0 Å². The fourth-order valence-corrected chi connectivity index (χ4v) is 3.62. The topological polar surface area (TPSA) is 75.2 Å². The number of hydrogen-bond acceptors (Lipinski definition) is 4. The normalized spacial score (nSPS) is 10.5. The highest BCUT2D eigenvalue weighted by atomic mass is 35.5. The molecular formula is C25H17ClN2O3. The Kier molecular flexibility index (Phi) is 5.48. The third kappa shape index (κ3) is 3.65. The predicted octanol–water partition coefficient (Wildman–Crippen LogP) is 5.41. The van der Waals surface area contributed by atoms with Crippen LogP contribution in [0.25, 0.3) is 28.1 Å². The number of aromatic nitrogens is 1. The van der Waals surface area contributed by atoms with Gasteiger partial charge in [0.05, 0.1) is 18.4 Å². The summed E-state index contributed by atoms with van der Waals surface area (Å²) < 4.78 is 6.61. The molecule has 0 radical (unpaired) electrons. The minimum absolute atomic E-state index is 0.00608. The maximum Gasteiger partial charge on any atom is 0.267 e. The van der Waals surface area contributed by atoms with Crippen molar-refractivity contribution >= 4 is 11.6 Å². The molecule has 0 aliphatic rings. The molecule has 152 valence electrons. The Morgan fingerprint density at radius 3 is 2.16 bits per heavy atom. The minimum Gasteiger partial charge on any atom is -0.506 e. The van der Waals surface area contributed by atoms with E-state index < -0.39 is 5.56 Å². The lowest BCUT2D eigenvalue weighted by atomic mass is 9.98. The molecule has 0 aliphatic heterocycles. The van der Waals surface area contributed by atoms with E-state index in [9.17, 15) is 15.2 Å². The molecule has 5 nitrogen and oxygen atoms in total. The lowest BCUT2D eigenvalue weighted by Crippen LogP contribution is -2.23. The number of nitriles is 1. The van der Waals surface area contributed by atoms with Crippen LogP contribution >= 0.6 is 11.6 Å². The summed E-state index contributed by atoms with van der Waals surface area (Å²) in [5, 5.41) is 21.5. The Morgan fingerprint density at radius 2 is 1.58 bits per heavy atom. The highest BCUT2D eigenvalue weighted by Gasteiger charge is 2.24. The van der Waals surface area contributed by atoms with Crippen molar-refractivity contribution in [3.05, 3.63) is 99.8 Å². The minimum atomic E-state index is -0.456. The molecule has 3 aromatic carbocycles. The molecule has 31 heavy (non-hydrogen) atoms. The van der Waals surface area contributed by atoms with Crippen molar-refractivity contribution in [1.29, 1.82) is 5.26 Å². The molecular weight excluding hydrogens is 412 g/mol. The van der Waals surface area contributed by atoms with E-state index >= 15 is 0 Å². The molecule has 4 aromatic rings. The number of pyridine rings is 1. The van der Waals surface area contributed by atoms with Crippen molar-refractivity contribution in [2.75, 3.05) is 7.11 Å². The molecule has 0 saturated carbocycles. The van der Waals surface area contributed by atoms with E-state index in [-0.39, 0.29) is 16.9 Å². The lowest BCUT2D eigenvalue weighted by molar-refractivity contribution is 0.415. The van der Waals surface area contributed by atoms with E-state index in [0.717, 1.165) is 0 Å². The fourth-order valence-electron chi connectivity index (χ4n) is 3.49. The van der Waals surface area contributed by atoms with Crippen molar-refractivity contribution < 1.29 is 9.84 Å². The summed E-state index contributed by atoms with van der Waals surface area (Å²) in [4.78, 5) is 13.7. The molecule has 0 aliphatic carbocycles. The van der Waals surface area contributed by atoms with Crippen molar-refractivity contribution in [3.8, 4) is 45.6 Å². The zero-order valence-electron chi connectivity index (χ0n) is 16.5. The smallest absolute Gasteiger partial charge is 0.267 e. The van der Waals surface area contributed by atoms with Gasteiger partial charge >= 0.3 is 0 Å². The van der Waals surface area contributed by atoms with Crippen LogP contribution in [-0.2, 0) is 0 Å². The fraction of sp³-hybridized carbons (Fsp3) is 0.0400. The summed E-state index contributed by atoms with van der Waals surface area (Å²) in [6, 6.07) is 24.6. The second-order valence-electron chi connectivity index (χ2n) is 6.77. The molecule has 0 saturated heterocycles. The monoisotopic (exact) mass is 428 g/mol. The van der Waals surface area contributed by atoms with E-state index in [0.29, 0.717) is 33.3 Å². The number of ether oxygens (including phenoxy) is 1. The van der Waals surface area contributed by atoms with Crippen LogP contribution in [-0.4, -0.2) is 16.8 Å².